The smallest absolute Gasteiger partial charge is 0.229 e. The highest BCUT2D eigenvalue weighted by atomic mass is 16.5. The molecule has 32 heavy (non-hydrogen) atoms. The highest BCUT2D eigenvalue weighted by Crippen LogP contribution is 2.29. The third-order valence-electron chi connectivity index (χ3n) is 5.59. The lowest BCUT2D eigenvalue weighted by molar-refractivity contribution is -0.122. The molecule has 0 saturated carbocycles. The molecular weight excluding hydrogens is 404 g/mol. The van der Waals surface area contributed by atoms with Crippen LogP contribution in [0, 0.1) is 5.92 Å². The number of amides is 2. The summed E-state index contributed by atoms with van der Waals surface area (Å²) in [6.45, 7) is 5.74. The molecule has 1 saturated heterocycles. The first-order valence-corrected chi connectivity index (χ1v) is 10.9. The molecular formula is C25H28N4O3. The number of nitrogens with zero attached hydrogens (tertiary/aromatic N) is 3. The minimum Gasteiger partial charge on any atom is -0.492 e. The second-order valence-corrected chi connectivity index (χ2v) is 8.29. The van der Waals surface area contributed by atoms with E-state index >= 15 is 0 Å². The van der Waals surface area contributed by atoms with Crippen LogP contribution in [0.25, 0.3) is 0 Å². The minimum atomic E-state index is -0.394. The predicted molar refractivity (Wildman–Crippen MR) is 124 cm³/mol. The molecule has 7 heteroatoms. The normalized spacial score (nSPS) is 15.9. The third kappa shape index (κ3) is 5.17. The van der Waals surface area contributed by atoms with Gasteiger partial charge in [-0.3, -0.25) is 14.3 Å². The molecule has 7 nitrogen and oxygen atoms in total. The van der Waals surface area contributed by atoms with Gasteiger partial charge in [0.25, 0.3) is 0 Å². The first-order valence-electron chi connectivity index (χ1n) is 10.9. The Morgan fingerprint density at radius 1 is 1.19 bits per heavy atom. The van der Waals surface area contributed by atoms with Crippen LogP contribution in [0.1, 0.15) is 31.7 Å². The summed E-state index contributed by atoms with van der Waals surface area (Å²) in [6, 6.07) is 17.1. The third-order valence-corrected chi connectivity index (χ3v) is 5.59. The Morgan fingerprint density at radius 2 is 2.03 bits per heavy atom. The monoisotopic (exact) mass is 432 g/mol. The zero-order valence-electron chi connectivity index (χ0n) is 18.4. The summed E-state index contributed by atoms with van der Waals surface area (Å²) in [5, 5.41) is 7.08. The van der Waals surface area contributed by atoms with E-state index in [0.717, 1.165) is 5.69 Å². The van der Waals surface area contributed by atoms with E-state index in [1.54, 1.807) is 21.8 Å². The number of benzene rings is 2. The molecule has 1 atom stereocenters. The lowest BCUT2D eigenvalue weighted by Gasteiger charge is -2.18. The van der Waals surface area contributed by atoms with Crippen LogP contribution in [0.2, 0.25) is 0 Å². The number of anilines is 2. The van der Waals surface area contributed by atoms with Crippen molar-refractivity contribution >= 4 is 23.2 Å². The number of aromatic nitrogens is 2. The number of carbonyl (C=O) groups excluding carboxylic acids is 2. The molecule has 0 radical (unpaired) electrons. The van der Waals surface area contributed by atoms with Gasteiger partial charge in [-0.05, 0) is 41.8 Å². The van der Waals surface area contributed by atoms with Gasteiger partial charge in [0.15, 0.2) is 0 Å². The molecule has 1 fully saturated rings. The van der Waals surface area contributed by atoms with Gasteiger partial charge in [-0.25, -0.2) is 0 Å². The van der Waals surface area contributed by atoms with E-state index in [9.17, 15) is 9.59 Å². The molecule has 1 aliphatic rings. The van der Waals surface area contributed by atoms with Gasteiger partial charge in [-0.2, -0.15) is 5.10 Å². The Bertz CT molecular complexity index is 1080. The summed E-state index contributed by atoms with van der Waals surface area (Å²) in [5.41, 5.74) is 2.68. The summed E-state index contributed by atoms with van der Waals surface area (Å²) in [4.78, 5) is 27.2. The summed E-state index contributed by atoms with van der Waals surface area (Å²) in [7, 11) is 0. The first kappa shape index (κ1) is 21.6. The molecule has 1 aliphatic heterocycles. The van der Waals surface area contributed by atoms with Crippen molar-refractivity contribution in [2.75, 3.05) is 23.4 Å². The van der Waals surface area contributed by atoms with E-state index in [2.05, 4.69) is 30.3 Å². The average molecular weight is 433 g/mol. The topological polar surface area (TPSA) is 76.5 Å². The van der Waals surface area contributed by atoms with Crippen molar-refractivity contribution in [1.29, 1.82) is 0 Å². The molecule has 2 aromatic carbocycles. The second-order valence-electron chi connectivity index (χ2n) is 8.29. The minimum absolute atomic E-state index is 0.0261. The average Bonchev–Trinajstić information content (AvgIpc) is 3.44. The molecule has 4 rings (SSSR count). The summed E-state index contributed by atoms with van der Waals surface area (Å²) < 4.78 is 7.57. The van der Waals surface area contributed by atoms with Crippen molar-refractivity contribution in [2.45, 2.75) is 32.7 Å². The van der Waals surface area contributed by atoms with Crippen LogP contribution < -0.4 is 15.0 Å². The van der Waals surface area contributed by atoms with E-state index in [4.69, 9.17) is 4.74 Å². The van der Waals surface area contributed by atoms with Gasteiger partial charge in [-0.1, -0.05) is 32.0 Å². The van der Waals surface area contributed by atoms with E-state index in [0.29, 0.717) is 37.1 Å². The predicted octanol–water partition coefficient (Wildman–Crippen LogP) is 4.08. The van der Waals surface area contributed by atoms with Crippen molar-refractivity contribution in [1.82, 2.24) is 9.78 Å². The van der Waals surface area contributed by atoms with Crippen molar-refractivity contribution < 1.29 is 14.3 Å². The molecule has 3 aromatic rings. The molecule has 166 valence electrons. The highest BCUT2D eigenvalue weighted by Gasteiger charge is 2.35. The Hall–Kier alpha value is -3.61. The molecule has 1 unspecified atom stereocenters. The van der Waals surface area contributed by atoms with Crippen LogP contribution >= 0.6 is 0 Å². The van der Waals surface area contributed by atoms with Gasteiger partial charge in [0.1, 0.15) is 12.4 Å². The Balaban J connectivity index is 1.35. The van der Waals surface area contributed by atoms with E-state index in [-0.39, 0.29) is 18.2 Å². The molecule has 2 heterocycles. The number of hydrogen-bond acceptors (Lipinski definition) is 4. The standard InChI is InChI=1S/C25H28N4O3/c1-18(2)19-6-3-8-22(14-19)29-17-20(15-24(29)30)25(31)27-21-7-4-9-23(16-21)32-13-12-28-11-5-10-26-28/h3-11,14,16,18,20H,12-13,15,17H2,1-2H3,(H,27,31). The Morgan fingerprint density at radius 3 is 2.81 bits per heavy atom. The molecule has 1 N–H and O–H groups in total. The van der Waals surface area contributed by atoms with Crippen LogP contribution in [0.5, 0.6) is 5.75 Å². The van der Waals surface area contributed by atoms with Crippen molar-refractivity contribution in [3.63, 3.8) is 0 Å². The lowest BCUT2D eigenvalue weighted by Crippen LogP contribution is -2.28. The highest BCUT2D eigenvalue weighted by molar-refractivity contribution is 6.03. The number of nitrogens with one attached hydrogen (secondary N) is 1. The van der Waals surface area contributed by atoms with Crippen LogP contribution in [0.3, 0.4) is 0 Å². The summed E-state index contributed by atoms with van der Waals surface area (Å²) in [6.07, 6.45) is 3.81. The van der Waals surface area contributed by atoms with Crippen molar-refractivity contribution in [3.05, 3.63) is 72.6 Å². The molecule has 2 amide bonds. The summed E-state index contributed by atoms with van der Waals surface area (Å²) in [5.74, 6) is 0.469. The lowest BCUT2D eigenvalue weighted by atomic mass is 10.0. The fraction of sp³-hybridized carbons (Fsp3) is 0.320. The molecule has 0 bridgehead atoms. The van der Waals surface area contributed by atoms with E-state index in [1.807, 2.05) is 48.7 Å². The maximum atomic E-state index is 12.9. The van der Waals surface area contributed by atoms with Gasteiger partial charge in [-0.15, -0.1) is 0 Å². The molecule has 0 aliphatic carbocycles. The quantitative estimate of drug-likeness (QED) is 0.582. The van der Waals surface area contributed by atoms with Crippen LogP contribution in [0.15, 0.2) is 67.0 Å². The van der Waals surface area contributed by atoms with Gasteiger partial charge in [0, 0.05) is 42.8 Å². The summed E-state index contributed by atoms with van der Waals surface area (Å²) >= 11 is 0. The number of carbonyl (C=O) groups is 2. The second kappa shape index (κ2) is 9.68. The Labute approximate surface area is 188 Å². The Kier molecular flexibility index (Phi) is 6.54. The zero-order valence-corrected chi connectivity index (χ0v) is 18.4. The van der Waals surface area contributed by atoms with Crippen molar-refractivity contribution in [3.8, 4) is 5.75 Å². The van der Waals surface area contributed by atoms with E-state index in [1.165, 1.54) is 5.56 Å². The number of ether oxygens (including phenoxy) is 1. The van der Waals surface area contributed by atoms with Gasteiger partial charge < -0.3 is 15.0 Å². The fourth-order valence-corrected chi connectivity index (χ4v) is 3.78. The fourth-order valence-electron chi connectivity index (χ4n) is 3.78. The number of rotatable bonds is 8. The zero-order chi connectivity index (χ0) is 22.5. The first-order chi connectivity index (χ1) is 15.5. The van der Waals surface area contributed by atoms with E-state index < -0.39 is 5.92 Å². The van der Waals surface area contributed by atoms with Gasteiger partial charge in [0.05, 0.1) is 12.5 Å². The van der Waals surface area contributed by atoms with Crippen LogP contribution in [0.4, 0.5) is 11.4 Å². The SMILES string of the molecule is CC(C)c1cccc(N2CC(C(=O)Nc3cccc(OCCn4cccn4)c3)CC2=O)c1. The molecule has 0 spiro atoms. The molecule has 1 aromatic heterocycles. The van der Waals surface area contributed by atoms with Gasteiger partial charge in [0.2, 0.25) is 11.8 Å². The van der Waals surface area contributed by atoms with Crippen LogP contribution in [-0.2, 0) is 16.1 Å². The number of hydrogen-bond donors (Lipinski definition) is 1. The largest absolute Gasteiger partial charge is 0.492 e. The van der Waals surface area contributed by atoms with Crippen molar-refractivity contribution in [2.24, 2.45) is 5.92 Å². The van der Waals surface area contributed by atoms with Gasteiger partial charge >= 0.3 is 0 Å². The maximum absolute atomic E-state index is 12.9. The van der Waals surface area contributed by atoms with Crippen LogP contribution in [-0.4, -0.2) is 34.7 Å². The maximum Gasteiger partial charge on any atom is 0.229 e.